The van der Waals surface area contributed by atoms with Crippen LogP contribution in [0, 0.1) is 0 Å². The fourth-order valence-corrected chi connectivity index (χ4v) is 0.602. The van der Waals surface area contributed by atoms with E-state index in [2.05, 4.69) is 5.32 Å². The molecule has 1 amide bonds. The number of hydrogen-bond donors (Lipinski definition) is 2. The Hall–Kier alpha value is -1.32. The highest BCUT2D eigenvalue weighted by Crippen LogP contribution is 1.94. The molecule has 0 saturated carbocycles. The second-order valence-electron chi connectivity index (χ2n) is 2.04. The molecule has 0 fully saturated rings. The van der Waals surface area contributed by atoms with E-state index in [4.69, 9.17) is 5.11 Å². The van der Waals surface area contributed by atoms with E-state index in [0.29, 0.717) is 12.1 Å². The van der Waals surface area contributed by atoms with E-state index in [1.165, 1.54) is 6.92 Å². The highest BCUT2D eigenvalue weighted by atomic mass is 16.4. The fourth-order valence-electron chi connectivity index (χ4n) is 0.602. The molecule has 0 saturated heterocycles. The number of hydrogen-bond acceptors (Lipinski definition) is 2. The van der Waals surface area contributed by atoms with Crippen molar-refractivity contribution in [2.75, 3.05) is 0 Å². The average Bonchev–Trinajstić information content (AvgIpc) is 1.84. The largest absolute Gasteiger partial charge is 0.478 e. The van der Waals surface area contributed by atoms with Crippen molar-refractivity contribution in [2.24, 2.45) is 0 Å². The molecule has 62 valence electrons. The van der Waals surface area contributed by atoms with E-state index in [1.807, 2.05) is 0 Å². The van der Waals surface area contributed by atoms with Gasteiger partial charge in [-0.2, -0.15) is 0 Å². The van der Waals surface area contributed by atoms with E-state index in [0.717, 1.165) is 6.08 Å². The topological polar surface area (TPSA) is 66.4 Å². The number of carboxylic acids is 1. The molecule has 0 aliphatic rings. The van der Waals surface area contributed by atoms with Gasteiger partial charge in [0.15, 0.2) is 0 Å². The maximum atomic E-state index is 10.4. The van der Waals surface area contributed by atoms with Crippen LogP contribution in [0.5, 0.6) is 0 Å². The summed E-state index contributed by atoms with van der Waals surface area (Å²) in [6.45, 7) is 3.11. The van der Waals surface area contributed by atoms with Crippen LogP contribution >= 0.6 is 0 Å². The van der Waals surface area contributed by atoms with Crippen molar-refractivity contribution in [3.8, 4) is 0 Å². The van der Waals surface area contributed by atoms with Crippen molar-refractivity contribution in [1.29, 1.82) is 0 Å². The van der Waals surface area contributed by atoms with Crippen LogP contribution in [0.15, 0.2) is 11.8 Å². The minimum atomic E-state index is -1.05. The van der Waals surface area contributed by atoms with Gasteiger partial charge in [-0.3, -0.25) is 4.79 Å². The summed E-state index contributed by atoms with van der Waals surface area (Å²) in [6.07, 6.45) is 1.49. The number of rotatable bonds is 3. The van der Waals surface area contributed by atoms with Gasteiger partial charge in [-0.05, 0) is 6.42 Å². The smallest absolute Gasteiger partial charge is 0.330 e. The lowest BCUT2D eigenvalue weighted by molar-refractivity contribution is -0.131. The van der Waals surface area contributed by atoms with Crippen LogP contribution < -0.4 is 5.32 Å². The fraction of sp³-hybridized carbons (Fsp3) is 0.429. The van der Waals surface area contributed by atoms with Gasteiger partial charge in [-0.25, -0.2) is 4.79 Å². The third-order valence-corrected chi connectivity index (χ3v) is 1.02. The Kier molecular flexibility index (Phi) is 3.95. The Morgan fingerprint density at radius 3 is 2.36 bits per heavy atom. The van der Waals surface area contributed by atoms with Crippen molar-refractivity contribution < 1.29 is 14.7 Å². The monoisotopic (exact) mass is 157 g/mol. The van der Waals surface area contributed by atoms with Crippen molar-refractivity contribution in [2.45, 2.75) is 20.3 Å². The lowest BCUT2D eigenvalue weighted by atomic mass is 10.3. The standard InChI is InChI=1S/C7H11NO3/c1-3-6(4-7(10)11)8-5(2)9/h4H,3H2,1-2H3,(H,8,9)(H,10,11)/b6-4-. The first-order chi connectivity index (χ1) is 5.06. The first kappa shape index (κ1) is 9.68. The Labute approximate surface area is 64.9 Å². The third-order valence-electron chi connectivity index (χ3n) is 1.02. The quantitative estimate of drug-likeness (QED) is 0.586. The van der Waals surface area contributed by atoms with Crippen LogP contribution in [0.3, 0.4) is 0 Å². The summed E-state index contributed by atoms with van der Waals surface area (Å²) in [5.41, 5.74) is 0.421. The van der Waals surface area contributed by atoms with Gasteiger partial charge in [0.1, 0.15) is 0 Å². The lowest BCUT2D eigenvalue weighted by Crippen LogP contribution is -2.19. The van der Waals surface area contributed by atoms with Crippen LogP contribution in [0.4, 0.5) is 0 Å². The van der Waals surface area contributed by atoms with Gasteiger partial charge >= 0.3 is 5.97 Å². The highest BCUT2D eigenvalue weighted by Gasteiger charge is 1.98. The van der Waals surface area contributed by atoms with Gasteiger partial charge in [-0.15, -0.1) is 0 Å². The highest BCUT2D eigenvalue weighted by molar-refractivity contribution is 5.82. The first-order valence-corrected chi connectivity index (χ1v) is 3.27. The maximum absolute atomic E-state index is 10.4. The zero-order valence-corrected chi connectivity index (χ0v) is 6.55. The van der Waals surface area contributed by atoms with Gasteiger partial charge in [0.2, 0.25) is 5.91 Å². The van der Waals surface area contributed by atoms with E-state index >= 15 is 0 Å². The number of carboxylic acid groups (broad SMARTS) is 1. The van der Waals surface area contributed by atoms with Crippen LogP contribution in [0.2, 0.25) is 0 Å². The van der Waals surface area contributed by atoms with E-state index < -0.39 is 5.97 Å². The Morgan fingerprint density at radius 1 is 1.55 bits per heavy atom. The molecule has 0 bridgehead atoms. The lowest BCUT2D eigenvalue weighted by Gasteiger charge is -2.02. The molecule has 2 N–H and O–H groups in total. The molecule has 0 heterocycles. The molecule has 11 heavy (non-hydrogen) atoms. The van der Waals surface area contributed by atoms with Gasteiger partial charge in [0, 0.05) is 18.7 Å². The van der Waals surface area contributed by atoms with E-state index in [-0.39, 0.29) is 5.91 Å². The minimum Gasteiger partial charge on any atom is -0.478 e. The summed E-state index contributed by atoms with van der Waals surface area (Å²) >= 11 is 0. The summed E-state index contributed by atoms with van der Waals surface area (Å²) in [4.78, 5) is 20.6. The molecule has 0 unspecified atom stereocenters. The first-order valence-electron chi connectivity index (χ1n) is 3.27. The number of carbonyl (C=O) groups excluding carboxylic acids is 1. The number of carbonyl (C=O) groups is 2. The van der Waals surface area contributed by atoms with Gasteiger partial charge in [-0.1, -0.05) is 6.92 Å². The minimum absolute atomic E-state index is 0.251. The second kappa shape index (κ2) is 4.49. The second-order valence-corrected chi connectivity index (χ2v) is 2.04. The maximum Gasteiger partial charge on any atom is 0.330 e. The van der Waals surface area contributed by atoms with Gasteiger partial charge in [0.05, 0.1) is 0 Å². The molecule has 0 atom stereocenters. The van der Waals surface area contributed by atoms with Gasteiger partial charge < -0.3 is 10.4 Å². The Bertz CT molecular complexity index is 196. The summed E-state index contributed by atoms with van der Waals surface area (Å²) in [6, 6.07) is 0. The predicted molar refractivity (Wildman–Crippen MR) is 39.8 cm³/mol. The number of nitrogens with one attached hydrogen (secondary N) is 1. The summed E-state index contributed by atoms with van der Waals surface area (Å²) < 4.78 is 0. The third kappa shape index (κ3) is 5.14. The molecule has 4 nitrogen and oxygen atoms in total. The van der Waals surface area contributed by atoms with Crippen LogP contribution in [-0.2, 0) is 9.59 Å². The number of amides is 1. The molecule has 0 rings (SSSR count). The summed E-state index contributed by atoms with van der Waals surface area (Å²) in [7, 11) is 0. The normalized spacial score (nSPS) is 10.9. The van der Waals surface area contributed by atoms with Crippen molar-refractivity contribution in [1.82, 2.24) is 5.32 Å². The molecule has 0 spiro atoms. The molecule has 0 radical (unpaired) electrons. The molecule has 0 aromatic heterocycles. The van der Waals surface area contributed by atoms with E-state index in [1.54, 1.807) is 6.92 Å². The molecular weight excluding hydrogens is 146 g/mol. The van der Waals surface area contributed by atoms with Crippen molar-refractivity contribution in [3.63, 3.8) is 0 Å². The molecule has 0 aliphatic heterocycles. The number of allylic oxidation sites excluding steroid dienone is 1. The summed E-state index contributed by atoms with van der Waals surface area (Å²) in [5.74, 6) is -1.30. The molecule has 0 aromatic rings. The summed E-state index contributed by atoms with van der Waals surface area (Å²) in [5, 5.41) is 10.7. The Balaban J connectivity index is 4.16. The van der Waals surface area contributed by atoms with Gasteiger partial charge in [0.25, 0.3) is 0 Å². The Morgan fingerprint density at radius 2 is 2.09 bits per heavy atom. The predicted octanol–water partition coefficient (Wildman–Crippen LogP) is 0.501. The molecule has 0 aromatic carbocycles. The van der Waals surface area contributed by atoms with Crippen molar-refractivity contribution in [3.05, 3.63) is 11.8 Å². The number of aliphatic carboxylic acids is 1. The van der Waals surface area contributed by atoms with Crippen LogP contribution in [0.1, 0.15) is 20.3 Å². The molecule has 4 heteroatoms. The molecule has 0 aliphatic carbocycles. The zero-order chi connectivity index (χ0) is 8.85. The SMILES string of the molecule is CC/C(=C/C(=O)O)NC(C)=O. The average molecular weight is 157 g/mol. The van der Waals surface area contributed by atoms with Crippen LogP contribution in [0.25, 0.3) is 0 Å². The zero-order valence-electron chi connectivity index (χ0n) is 6.55. The van der Waals surface area contributed by atoms with Crippen LogP contribution in [-0.4, -0.2) is 17.0 Å². The van der Waals surface area contributed by atoms with E-state index in [9.17, 15) is 9.59 Å². The van der Waals surface area contributed by atoms with Crippen molar-refractivity contribution >= 4 is 11.9 Å². The molecular formula is C7H11NO3.